The van der Waals surface area contributed by atoms with Crippen LogP contribution < -0.4 is 0 Å². The third-order valence-corrected chi connectivity index (χ3v) is 7.53. The fraction of sp³-hybridized carbons (Fsp3) is 0.680. The monoisotopic (exact) mass is 461 g/mol. The van der Waals surface area contributed by atoms with Gasteiger partial charge in [-0.3, -0.25) is 9.63 Å². The molecule has 1 saturated carbocycles. The maximum Gasteiger partial charge on any atom is 0.338 e. The van der Waals surface area contributed by atoms with Gasteiger partial charge in [0.1, 0.15) is 5.92 Å². The molecule has 2 aliphatic heterocycles. The summed E-state index contributed by atoms with van der Waals surface area (Å²) in [5.41, 5.74) is 1.26. The van der Waals surface area contributed by atoms with Crippen molar-refractivity contribution in [2.75, 3.05) is 14.2 Å². The Bertz CT molecular complexity index is 829. The molecule has 0 spiro atoms. The Kier molecular flexibility index (Phi) is 7.38. The fourth-order valence-corrected chi connectivity index (χ4v) is 5.63. The number of esters is 2. The molecule has 3 fully saturated rings. The van der Waals surface area contributed by atoms with Gasteiger partial charge in [0, 0.05) is 6.42 Å². The standard InChI is InChI=1S/C25H35NO7/c1-25(2,16-10-6-5-7-11-16)17-12-8-9-13-19(17)31-20-15-14-18-21(23(27)29-3)22(24(28)30-4)33-26(18)32-20/h5-7,10-11,17-22H,8-9,12-15H2,1-4H3/t17-,18-,19-,20+,21-,22+/m0/s1. The molecule has 0 unspecified atom stereocenters. The molecule has 8 nitrogen and oxygen atoms in total. The van der Waals surface area contributed by atoms with Crippen molar-refractivity contribution in [2.24, 2.45) is 11.8 Å². The van der Waals surface area contributed by atoms with Crippen LogP contribution in [0, 0.1) is 11.8 Å². The number of nitrogens with zero attached hydrogens (tertiary/aromatic N) is 1. The Hall–Kier alpha value is -2.00. The number of benzene rings is 1. The molecule has 33 heavy (non-hydrogen) atoms. The van der Waals surface area contributed by atoms with Crippen molar-refractivity contribution in [1.29, 1.82) is 0 Å². The molecule has 1 aromatic rings. The molecule has 6 atom stereocenters. The van der Waals surface area contributed by atoms with Crippen LogP contribution in [0.4, 0.5) is 0 Å². The summed E-state index contributed by atoms with van der Waals surface area (Å²) in [6, 6.07) is 10.2. The highest BCUT2D eigenvalue weighted by atomic mass is 17.0. The van der Waals surface area contributed by atoms with E-state index in [1.54, 1.807) is 0 Å². The van der Waals surface area contributed by atoms with E-state index in [0.29, 0.717) is 18.8 Å². The van der Waals surface area contributed by atoms with Crippen molar-refractivity contribution in [3.8, 4) is 0 Å². The lowest BCUT2D eigenvalue weighted by Crippen LogP contribution is -2.48. The largest absolute Gasteiger partial charge is 0.469 e. The van der Waals surface area contributed by atoms with E-state index in [4.69, 9.17) is 23.9 Å². The molecule has 182 valence electrons. The van der Waals surface area contributed by atoms with Gasteiger partial charge in [-0.15, -0.1) is 0 Å². The average Bonchev–Trinajstić information content (AvgIpc) is 3.22. The summed E-state index contributed by atoms with van der Waals surface area (Å²) >= 11 is 0. The Morgan fingerprint density at radius 1 is 0.939 bits per heavy atom. The SMILES string of the molecule is COC(=O)[C@@H]1[C@H](C(=O)OC)ON2O[C@@H](O[C@H]3CCCC[C@@H]3C(C)(C)c3ccccc3)CC[C@@H]12. The molecule has 3 aliphatic rings. The highest BCUT2D eigenvalue weighted by Gasteiger charge is 2.55. The van der Waals surface area contributed by atoms with E-state index in [0.717, 1.165) is 19.3 Å². The number of carbonyl (C=O) groups excluding carboxylic acids is 2. The molecule has 0 bridgehead atoms. The molecule has 0 amide bonds. The van der Waals surface area contributed by atoms with Crippen molar-refractivity contribution in [3.63, 3.8) is 0 Å². The lowest BCUT2D eigenvalue weighted by atomic mass is 9.66. The summed E-state index contributed by atoms with van der Waals surface area (Å²) < 4.78 is 16.3. The third-order valence-electron chi connectivity index (χ3n) is 7.53. The van der Waals surface area contributed by atoms with E-state index in [2.05, 4.69) is 38.1 Å². The molecule has 4 rings (SSSR count). The predicted octanol–water partition coefficient (Wildman–Crippen LogP) is 3.54. The van der Waals surface area contributed by atoms with Crippen LogP contribution in [0.2, 0.25) is 0 Å². The normalized spacial score (nSPS) is 32.7. The zero-order chi connectivity index (χ0) is 23.6. The van der Waals surface area contributed by atoms with E-state index < -0.39 is 36.3 Å². The minimum absolute atomic E-state index is 0.0420. The molecule has 2 saturated heterocycles. The highest BCUT2D eigenvalue weighted by Crippen LogP contribution is 2.44. The first kappa shape index (κ1) is 24.1. The van der Waals surface area contributed by atoms with Crippen molar-refractivity contribution >= 4 is 11.9 Å². The first-order valence-corrected chi connectivity index (χ1v) is 11.9. The third kappa shape index (κ3) is 4.80. The lowest BCUT2D eigenvalue weighted by Gasteiger charge is -2.44. The summed E-state index contributed by atoms with van der Waals surface area (Å²) in [5, 5.41) is 1.26. The van der Waals surface area contributed by atoms with Crippen LogP contribution in [0.25, 0.3) is 0 Å². The van der Waals surface area contributed by atoms with Crippen LogP contribution in [-0.2, 0) is 38.9 Å². The molecule has 1 aliphatic carbocycles. The van der Waals surface area contributed by atoms with Crippen LogP contribution in [0.5, 0.6) is 0 Å². The number of ether oxygens (including phenoxy) is 3. The molecule has 0 aromatic heterocycles. The molecule has 0 N–H and O–H groups in total. The smallest absolute Gasteiger partial charge is 0.338 e. The van der Waals surface area contributed by atoms with Crippen LogP contribution >= 0.6 is 0 Å². The second kappa shape index (κ2) is 10.1. The summed E-state index contributed by atoms with van der Waals surface area (Å²) in [7, 11) is 2.56. The summed E-state index contributed by atoms with van der Waals surface area (Å²) in [6.45, 7) is 4.58. The van der Waals surface area contributed by atoms with Crippen LogP contribution in [0.1, 0.15) is 57.9 Å². The number of rotatable bonds is 6. The van der Waals surface area contributed by atoms with E-state index in [9.17, 15) is 9.59 Å². The number of hydrogen-bond acceptors (Lipinski definition) is 8. The van der Waals surface area contributed by atoms with Gasteiger partial charge in [-0.05, 0) is 36.2 Å². The zero-order valence-corrected chi connectivity index (χ0v) is 19.9. The molecular weight excluding hydrogens is 426 g/mol. The number of methoxy groups -OCH3 is 2. The molecule has 0 radical (unpaired) electrons. The second-order valence-electron chi connectivity index (χ2n) is 9.72. The molecule has 8 heteroatoms. The van der Waals surface area contributed by atoms with Crippen LogP contribution in [0.15, 0.2) is 30.3 Å². The molecule has 2 heterocycles. The van der Waals surface area contributed by atoms with E-state index in [1.807, 2.05) is 6.07 Å². The quantitative estimate of drug-likeness (QED) is 0.595. The molecule has 1 aromatic carbocycles. The highest BCUT2D eigenvalue weighted by molar-refractivity contribution is 5.84. The summed E-state index contributed by atoms with van der Waals surface area (Å²) in [5.74, 6) is -1.60. The van der Waals surface area contributed by atoms with Crippen molar-refractivity contribution in [1.82, 2.24) is 5.23 Å². The maximum absolute atomic E-state index is 12.4. The number of hydrogen-bond donors (Lipinski definition) is 0. The van der Waals surface area contributed by atoms with Gasteiger partial charge in [0.25, 0.3) is 0 Å². The second-order valence-corrected chi connectivity index (χ2v) is 9.72. The first-order chi connectivity index (χ1) is 15.9. The van der Waals surface area contributed by atoms with Crippen LogP contribution in [-0.4, -0.2) is 55.9 Å². The average molecular weight is 462 g/mol. The van der Waals surface area contributed by atoms with Gasteiger partial charge < -0.3 is 14.2 Å². The lowest BCUT2D eigenvalue weighted by molar-refractivity contribution is -0.439. The summed E-state index contributed by atoms with van der Waals surface area (Å²) in [4.78, 5) is 36.3. The number of carbonyl (C=O) groups is 2. The Balaban J connectivity index is 1.46. The van der Waals surface area contributed by atoms with Crippen molar-refractivity contribution in [2.45, 2.75) is 82.3 Å². The first-order valence-electron chi connectivity index (χ1n) is 11.9. The van der Waals surface area contributed by atoms with Gasteiger partial charge in [-0.25, -0.2) is 9.63 Å². The minimum Gasteiger partial charge on any atom is -0.469 e. The van der Waals surface area contributed by atoms with Crippen molar-refractivity contribution in [3.05, 3.63) is 35.9 Å². The van der Waals surface area contributed by atoms with Crippen molar-refractivity contribution < 1.29 is 33.5 Å². The fourth-order valence-electron chi connectivity index (χ4n) is 5.63. The van der Waals surface area contributed by atoms with Gasteiger partial charge in [0.2, 0.25) is 0 Å². The van der Waals surface area contributed by atoms with Gasteiger partial charge in [-0.1, -0.05) is 62.2 Å². The zero-order valence-electron chi connectivity index (χ0n) is 19.9. The number of fused-ring (bicyclic) bond motifs is 1. The van der Waals surface area contributed by atoms with Gasteiger partial charge >= 0.3 is 11.9 Å². The van der Waals surface area contributed by atoms with E-state index in [1.165, 1.54) is 31.4 Å². The van der Waals surface area contributed by atoms with Gasteiger partial charge in [-0.2, -0.15) is 0 Å². The predicted molar refractivity (Wildman–Crippen MR) is 118 cm³/mol. The topological polar surface area (TPSA) is 83.5 Å². The summed E-state index contributed by atoms with van der Waals surface area (Å²) in [6.07, 6.45) is 4.00. The Morgan fingerprint density at radius 3 is 2.33 bits per heavy atom. The number of hydroxylamine groups is 2. The van der Waals surface area contributed by atoms with Gasteiger partial charge in [0.15, 0.2) is 12.4 Å². The maximum atomic E-state index is 12.4. The Labute approximate surface area is 195 Å². The van der Waals surface area contributed by atoms with E-state index >= 15 is 0 Å². The minimum atomic E-state index is -1.09. The Morgan fingerprint density at radius 2 is 1.64 bits per heavy atom. The van der Waals surface area contributed by atoms with E-state index in [-0.39, 0.29) is 11.5 Å². The van der Waals surface area contributed by atoms with Gasteiger partial charge in [0.05, 0.1) is 26.4 Å². The molecular formula is C25H35NO7. The van der Waals surface area contributed by atoms with Crippen LogP contribution in [0.3, 0.4) is 0 Å².